The smallest absolute Gasteiger partial charge is 0.293 e. The van der Waals surface area contributed by atoms with Gasteiger partial charge in [-0.15, -0.1) is 0 Å². The molecule has 0 unspecified atom stereocenters. The van der Waals surface area contributed by atoms with Crippen LogP contribution in [-0.2, 0) is 4.79 Å². The van der Waals surface area contributed by atoms with Crippen LogP contribution in [0.3, 0.4) is 0 Å². The lowest BCUT2D eigenvalue weighted by molar-refractivity contribution is -0.166. The summed E-state index contributed by atoms with van der Waals surface area (Å²) in [7, 11) is 0. The van der Waals surface area contributed by atoms with E-state index in [0.717, 1.165) is 6.92 Å². The fourth-order valence-corrected chi connectivity index (χ4v) is 0.357. The summed E-state index contributed by atoms with van der Waals surface area (Å²) >= 11 is 0. The number of hydrogen-bond donors (Lipinski definition) is 0. The van der Waals surface area contributed by atoms with E-state index >= 15 is 0 Å². The molecule has 0 atom stereocenters. The summed E-state index contributed by atoms with van der Waals surface area (Å²) in [6.45, 7) is 1.11. The summed E-state index contributed by atoms with van der Waals surface area (Å²) in [5.74, 6) is -6.18. The standard InChI is InChI=1S/C5H6F4O/c1-2-3(10)5(8,9)4(6)7/h4H,2H2,1H3. The van der Waals surface area contributed by atoms with Crippen LogP contribution in [0.5, 0.6) is 0 Å². The predicted octanol–water partition coefficient (Wildman–Crippen LogP) is 1.87. The number of Topliss-reactive ketones (excluding diaryl/α,β-unsaturated/α-hetero) is 1. The van der Waals surface area contributed by atoms with E-state index in [0.29, 0.717) is 0 Å². The normalized spacial score (nSPS) is 12.2. The molecule has 0 saturated carbocycles. The molecule has 1 nitrogen and oxygen atoms in total. The zero-order chi connectivity index (χ0) is 8.36. The molecule has 10 heavy (non-hydrogen) atoms. The Hall–Kier alpha value is -0.610. The summed E-state index contributed by atoms with van der Waals surface area (Å²) in [6.07, 6.45) is -4.46. The summed E-state index contributed by atoms with van der Waals surface area (Å²) in [4.78, 5) is 10.0. The highest BCUT2D eigenvalue weighted by molar-refractivity contribution is 5.85. The topological polar surface area (TPSA) is 17.1 Å². The van der Waals surface area contributed by atoms with Crippen LogP contribution in [0.1, 0.15) is 13.3 Å². The molecule has 0 spiro atoms. The van der Waals surface area contributed by atoms with Crippen molar-refractivity contribution in [3.63, 3.8) is 0 Å². The van der Waals surface area contributed by atoms with E-state index in [1.165, 1.54) is 0 Å². The second-order valence-corrected chi connectivity index (χ2v) is 1.70. The molecule has 0 N–H and O–H groups in total. The molecule has 0 fully saturated rings. The third kappa shape index (κ3) is 1.68. The maximum Gasteiger partial charge on any atom is 0.364 e. The van der Waals surface area contributed by atoms with Crippen molar-refractivity contribution in [2.45, 2.75) is 25.7 Å². The van der Waals surface area contributed by atoms with Crippen LogP contribution in [-0.4, -0.2) is 18.1 Å². The van der Waals surface area contributed by atoms with Gasteiger partial charge in [-0.25, -0.2) is 8.78 Å². The molecule has 5 heteroatoms. The Morgan fingerprint density at radius 2 is 1.90 bits per heavy atom. The van der Waals surface area contributed by atoms with Crippen molar-refractivity contribution in [1.82, 2.24) is 0 Å². The third-order valence-corrected chi connectivity index (χ3v) is 0.967. The lowest BCUT2D eigenvalue weighted by atomic mass is 10.2. The average Bonchev–Trinajstić information content (AvgIpc) is 1.86. The van der Waals surface area contributed by atoms with E-state index in [4.69, 9.17) is 0 Å². The molecule has 0 aliphatic heterocycles. The van der Waals surface area contributed by atoms with Crippen LogP contribution in [0.25, 0.3) is 0 Å². The highest BCUT2D eigenvalue weighted by Crippen LogP contribution is 2.24. The zero-order valence-electron chi connectivity index (χ0n) is 5.20. The molecule has 0 amide bonds. The quantitative estimate of drug-likeness (QED) is 0.573. The minimum Gasteiger partial charge on any atom is -0.293 e. The predicted molar refractivity (Wildman–Crippen MR) is 26.2 cm³/mol. The highest BCUT2D eigenvalue weighted by Gasteiger charge is 2.47. The van der Waals surface area contributed by atoms with Crippen molar-refractivity contribution in [2.24, 2.45) is 0 Å². The van der Waals surface area contributed by atoms with Crippen molar-refractivity contribution >= 4 is 5.78 Å². The van der Waals surface area contributed by atoms with E-state index < -0.39 is 24.6 Å². The van der Waals surface area contributed by atoms with Crippen LogP contribution in [0.15, 0.2) is 0 Å². The van der Waals surface area contributed by atoms with Crippen LogP contribution >= 0.6 is 0 Å². The van der Waals surface area contributed by atoms with Gasteiger partial charge in [0.15, 0.2) is 0 Å². The second kappa shape index (κ2) is 2.98. The largest absolute Gasteiger partial charge is 0.364 e. The molecule has 0 aromatic carbocycles. The number of carbonyl (C=O) groups is 1. The van der Waals surface area contributed by atoms with Gasteiger partial charge in [0.2, 0.25) is 5.78 Å². The first-order valence-electron chi connectivity index (χ1n) is 2.62. The molecule has 0 saturated heterocycles. The Bertz CT molecular complexity index is 132. The van der Waals surface area contributed by atoms with Gasteiger partial charge in [-0.05, 0) is 0 Å². The van der Waals surface area contributed by atoms with Gasteiger partial charge in [0, 0.05) is 6.42 Å². The van der Waals surface area contributed by atoms with Crippen molar-refractivity contribution in [3.8, 4) is 0 Å². The first kappa shape index (κ1) is 9.39. The van der Waals surface area contributed by atoms with Crippen molar-refractivity contribution in [1.29, 1.82) is 0 Å². The lowest BCUT2D eigenvalue weighted by Gasteiger charge is -2.11. The fourth-order valence-electron chi connectivity index (χ4n) is 0.357. The summed E-state index contributed by atoms with van der Waals surface area (Å²) < 4.78 is 46.2. The van der Waals surface area contributed by atoms with Crippen LogP contribution < -0.4 is 0 Å². The number of rotatable bonds is 3. The lowest BCUT2D eigenvalue weighted by Crippen LogP contribution is -2.35. The third-order valence-electron chi connectivity index (χ3n) is 0.967. The van der Waals surface area contributed by atoms with Gasteiger partial charge in [-0.3, -0.25) is 4.79 Å². The molecule has 60 valence electrons. The molecule has 0 bridgehead atoms. The minimum absolute atomic E-state index is 0.572. The number of alkyl halides is 4. The maximum atomic E-state index is 11.8. The van der Waals surface area contributed by atoms with Gasteiger partial charge in [0.1, 0.15) is 0 Å². The van der Waals surface area contributed by atoms with Gasteiger partial charge >= 0.3 is 12.3 Å². The van der Waals surface area contributed by atoms with Gasteiger partial charge in [0.25, 0.3) is 0 Å². The van der Waals surface area contributed by atoms with Crippen LogP contribution in [0.2, 0.25) is 0 Å². The van der Waals surface area contributed by atoms with Gasteiger partial charge in [-0.1, -0.05) is 6.92 Å². The highest BCUT2D eigenvalue weighted by atomic mass is 19.3. The molecular formula is C5H6F4O. The van der Waals surface area contributed by atoms with E-state index in [1.54, 1.807) is 0 Å². The maximum absolute atomic E-state index is 11.8. The Morgan fingerprint density at radius 3 is 2.00 bits per heavy atom. The first-order chi connectivity index (χ1) is 4.42. The second-order valence-electron chi connectivity index (χ2n) is 1.70. The Kier molecular flexibility index (Phi) is 2.80. The van der Waals surface area contributed by atoms with Crippen molar-refractivity contribution in [2.75, 3.05) is 0 Å². The van der Waals surface area contributed by atoms with Crippen molar-refractivity contribution in [3.05, 3.63) is 0 Å². The summed E-state index contributed by atoms with van der Waals surface area (Å²) in [6, 6.07) is 0. The van der Waals surface area contributed by atoms with Gasteiger partial charge in [-0.2, -0.15) is 8.78 Å². The van der Waals surface area contributed by atoms with E-state index in [1.807, 2.05) is 0 Å². The molecule has 0 aromatic rings. The molecule has 0 rings (SSSR count). The minimum atomic E-state index is -4.46. The molecule has 0 radical (unpaired) electrons. The fraction of sp³-hybridized carbons (Fsp3) is 0.800. The number of ketones is 1. The Morgan fingerprint density at radius 1 is 1.50 bits per heavy atom. The van der Waals surface area contributed by atoms with E-state index in [9.17, 15) is 22.4 Å². The Labute approximate surface area is 55.0 Å². The molecular weight excluding hydrogens is 152 g/mol. The SMILES string of the molecule is CCC(=O)C(F)(F)C(F)F. The van der Waals surface area contributed by atoms with Gasteiger partial charge in [0.05, 0.1) is 0 Å². The molecule has 0 aromatic heterocycles. The van der Waals surface area contributed by atoms with Crippen LogP contribution in [0, 0.1) is 0 Å². The summed E-state index contributed by atoms with van der Waals surface area (Å²) in [5, 5.41) is 0. The van der Waals surface area contributed by atoms with E-state index in [2.05, 4.69) is 0 Å². The monoisotopic (exact) mass is 158 g/mol. The molecule has 0 aliphatic rings. The molecule has 0 aliphatic carbocycles. The zero-order valence-corrected chi connectivity index (χ0v) is 5.20. The summed E-state index contributed by atoms with van der Waals surface area (Å²) in [5.41, 5.74) is 0. The van der Waals surface area contributed by atoms with Crippen LogP contribution in [0.4, 0.5) is 17.6 Å². The Balaban J connectivity index is 4.24. The molecule has 0 heterocycles. The number of halogens is 4. The van der Waals surface area contributed by atoms with E-state index in [-0.39, 0.29) is 0 Å². The average molecular weight is 158 g/mol. The van der Waals surface area contributed by atoms with Gasteiger partial charge < -0.3 is 0 Å². The number of carbonyl (C=O) groups excluding carboxylic acids is 1. The number of hydrogen-bond acceptors (Lipinski definition) is 1. The van der Waals surface area contributed by atoms with Crippen molar-refractivity contribution < 1.29 is 22.4 Å². The first-order valence-corrected chi connectivity index (χ1v) is 2.62.